The van der Waals surface area contributed by atoms with Gasteiger partial charge in [0, 0.05) is 0 Å². The zero-order valence-corrected chi connectivity index (χ0v) is 11.6. The van der Waals surface area contributed by atoms with Gasteiger partial charge >= 0.3 is 0 Å². The maximum atomic E-state index is 2.28. The van der Waals surface area contributed by atoms with Gasteiger partial charge in [0.05, 0.1) is 0 Å². The maximum Gasteiger partial charge on any atom is -0.0106 e. The highest BCUT2D eigenvalue weighted by Crippen LogP contribution is 2.25. The second kappa shape index (κ2) is 12.3. The summed E-state index contributed by atoms with van der Waals surface area (Å²) >= 11 is 0. The minimum absolute atomic E-state index is 0. The molecule has 0 spiro atoms. The topological polar surface area (TPSA) is 0 Å². The Hall–Kier alpha value is -0.780. The maximum absolute atomic E-state index is 2.28. The second-order valence-electron chi connectivity index (χ2n) is 3.60. The standard InChI is InChI=1S/C11H16.2C2H6.CH4/c1-4-11(2,3)10-8-6-5-7-9-10;2*1-2;/h5-9H,4H2,1-3H3;2*1-2H3;1H4. The molecule has 0 unspecified atom stereocenters. The third-order valence-corrected chi connectivity index (χ3v) is 2.44. The van der Waals surface area contributed by atoms with Crippen molar-refractivity contribution in [1.82, 2.24) is 0 Å². The Balaban J connectivity index is -0.000000305. The molecule has 0 aliphatic carbocycles. The third kappa shape index (κ3) is 7.50. The van der Waals surface area contributed by atoms with Gasteiger partial charge < -0.3 is 0 Å². The van der Waals surface area contributed by atoms with Gasteiger partial charge in [0.15, 0.2) is 0 Å². The number of hydrogen-bond acceptors (Lipinski definition) is 0. The highest BCUT2D eigenvalue weighted by Gasteiger charge is 2.16. The predicted octanol–water partition coefficient (Wildman–Crippen LogP) is 6.06. The van der Waals surface area contributed by atoms with E-state index in [9.17, 15) is 0 Å². The first kappa shape index (κ1) is 20.6. The van der Waals surface area contributed by atoms with Crippen molar-refractivity contribution in [3.8, 4) is 0 Å². The van der Waals surface area contributed by atoms with Crippen molar-refractivity contribution in [1.29, 1.82) is 0 Å². The van der Waals surface area contributed by atoms with Crippen molar-refractivity contribution >= 4 is 0 Å². The van der Waals surface area contributed by atoms with Crippen molar-refractivity contribution in [2.24, 2.45) is 0 Å². The molecule has 1 aromatic carbocycles. The lowest BCUT2D eigenvalue weighted by Gasteiger charge is -2.22. The number of benzene rings is 1. The number of hydrogen-bond donors (Lipinski definition) is 0. The van der Waals surface area contributed by atoms with E-state index in [-0.39, 0.29) is 7.43 Å². The van der Waals surface area contributed by atoms with Crippen LogP contribution in [0.5, 0.6) is 0 Å². The quantitative estimate of drug-likeness (QED) is 0.572. The van der Waals surface area contributed by atoms with Gasteiger partial charge in [-0.05, 0) is 17.4 Å². The molecule has 0 aliphatic heterocycles. The molecule has 0 saturated carbocycles. The molecule has 1 rings (SSSR count). The average Bonchev–Trinajstić information content (AvgIpc) is 2.35. The normalized spacial score (nSPS) is 8.69. The van der Waals surface area contributed by atoms with Gasteiger partial charge in [-0.15, -0.1) is 0 Å². The molecule has 0 fully saturated rings. The van der Waals surface area contributed by atoms with Crippen molar-refractivity contribution in [2.75, 3.05) is 0 Å². The van der Waals surface area contributed by atoms with Gasteiger partial charge in [-0.25, -0.2) is 0 Å². The Labute approximate surface area is 104 Å². The van der Waals surface area contributed by atoms with Crippen LogP contribution in [0.1, 0.15) is 67.9 Å². The molecule has 1 aromatic rings. The lowest BCUT2D eigenvalue weighted by molar-refractivity contribution is 0.506. The Bertz CT molecular complexity index is 209. The van der Waals surface area contributed by atoms with E-state index >= 15 is 0 Å². The summed E-state index contributed by atoms with van der Waals surface area (Å²) in [6.07, 6.45) is 1.19. The summed E-state index contributed by atoms with van der Waals surface area (Å²) < 4.78 is 0. The molecule has 0 aliphatic rings. The zero-order valence-electron chi connectivity index (χ0n) is 11.6. The SMILES string of the molecule is C.CC.CC.CCC(C)(C)c1ccccc1. The molecule has 0 bridgehead atoms. The van der Waals surface area contributed by atoms with Crippen LogP contribution in [0.25, 0.3) is 0 Å². The molecular weight excluding hydrogens is 192 g/mol. The van der Waals surface area contributed by atoms with E-state index in [0.29, 0.717) is 5.41 Å². The van der Waals surface area contributed by atoms with Crippen LogP contribution in [0, 0.1) is 0 Å². The highest BCUT2D eigenvalue weighted by atomic mass is 14.2. The summed E-state index contributed by atoms with van der Waals surface area (Å²) in [5, 5.41) is 0. The van der Waals surface area contributed by atoms with E-state index in [0.717, 1.165) is 0 Å². The smallest absolute Gasteiger partial charge is 0.0106 e. The molecule has 0 heteroatoms. The summed E-state index contributed by atoms with van der Waals surface area (Å²) in [6.45, 7) is 14.8. The first-order valence-electron chi connectivity index (χ1n) is 6.22. The number of rotatable bonds is 2. The van der Waals surface area contributed by atoms with E-state index in [2.05, 4.69) is 51.1 Å². The molecule has 0 N–H and O–H groups in total. The Morgan fingerprint density at radius 1 is 0.875 bits per heavy atom. The third-order valence-electron chi connectivity index (χ3n) is 2.44. The van der Waals surface area contributed by atoms with Gasteiger partial charge in [-0.1, -0.05) is 86.2 Å². The average molecular weight is 224 g/mol. The Morgan fingerprint density at radius 3 is 1.56 bits per heavy atom. The largest absolute Gasteiger partial charge is 0.0776 e. The molecule has 0 heterocycles. The highest BCUT2D eigenvalue weighted by molar-refractivity contribution is 5.22. The van der Waals surface area contributed by atoms with Gasteiger partial charge in [-0.2, -0.15) is 0 Å². The van der Waals surface area contributed by atoms with Crippen molar-refractivity contribution < 1.29 is 0 Å². The van der Waals surface area contributed by atoms with Gasteiger partial charge in [0.1, 0.15) is 0 Å². The molecule has 96 valence electrons. The molecule has 0 saturated heterocycles. The predicted molar refractivity (Wildman–Crippen MR) is 79.2 cm³/mol. The van der Waals surface area contributed by atoms with E-state index in [4.69, 9.17) is 0 Å². The molecule has 0 radical (unpaired) electrons. The van der Waals surface area contributed by atoms with Gasteiger partial charge in [0.2, 0.25) is 0 Å². The lowest BCUT2D eigenvalue weighted by atomic mass is 9.82. The van der Waals surface area contributed by atoms with Crippen LogP contribution >= 0.6 is 0 Å². The first-order chi connectivity index (χ1) is 7.17. The fraction of sp³-hybridized carbons (Fsp3) is 0.625. The minimum Gasteiger partial charge on any atom is -0.0776 e. The second-order valence-corrected chi connectivity index (χ2v) is 3.60. The van der Waals surface area contributed by atoms with Crippen LogP contribution in [0.3, 0.4) is 0 Å². The fourth-order valence-electron chi connectivity index (χ4n) is 1.09. The summed E-state index contributed by atoms with van der Waals surface area (Å²) in [5.41, 5.74) is 1.77. The zero-order chi connectivity index (χ0) is 12.3. The molecule has 0 atom stereocenters. The van der Waals surface area contributed by atoms with Gasteiger partial charge in [0.25, 0.3) is 0 Å². The fourth-order valence-corrected chi connectivity index (χ4v) is 1.09. The van der Waals surface area contributed by atoms with Crippen molar-refractivity contribution in [3.05, 3.63) is 35.9 Å². The lowest BCUT2D eigenvalue weighted by Crippen LogP contribution is -2.14. The first-order valence-corrected chi connectivity index (χ1v) is 6.22. The Kier molecular flexibility index (Phi) is 15.8. The van der Waals surface area contributed by atoms with Crippen LogP contribution in [0.2, 0.25) is 0 Å². The van der Waals surface area contributed by atoms with Crippen molar-refractivity contribution in [2.45, 2.75) is 67.7 Å². The van der Waals surface area contributed by atoms with Crippen LogP contribution in [-0.4, -0.2) is 0 Å². The van der Waals surface area contributed by atoms with Crippen LogP contribution in [-0.2, 0) is 5.41 Å². The Morgan fingerprint density at radius 2 is 1.25 bits per heavy atom. The summed E-state index contributed by atoms with van der Waals surface area (Å²) in [6, 6.07) is 10.7. The molecule has 0 amide bonds. The van der Waals surface area contributed by atoms with Crippen LogP contribution in [0.4, 0.5) is 0 Å². The van der Waals surface area contributed by atoms with Crippen molar-refractivity contribution in [3.63, 3.8) is 0 Å². The molecule has 0 nitrogen and oxygen atoms in total. The monoisotopic (exact) mass is 224 g/mol. The molecule has 0 aromatic heterocycles. The minimum atomic E-state index is 0. The van der Waals surface area contributed by atoms with E-state index in [1.807, 2.05) is 27.7 Å². The van der Waals surface area contributed by atoms with Crippen LogP contribution < -0.4 is 0 Å². The van der Waals surface area contributed by atoms with E-state index in [1.165, 1.54) is 12.0 Å². The van der Waals surface area contributed by atoms with Gasteiger partial charge in [-0.3, -0.25) is 0 Å². The molecular formula is C16H32. The van der Waals surface area contributed by atoms with E-state index in [1.54, 1.807) is 0 Å². The summed E-state index contributed by atoms with van der Waals surface area (Å²) in [7, 11) is 0. The molecule has 16 heavy (non-hydrogen) atoms. The summed E-state index contributed by atoms with van der Waals surface area (Å²) in [4.78, 5) is 0. The van der Waals surface area contributed by atoms with Crippen LogP contribution in [0.15, 0.2) is 30.3 Å². The van der Waals surface area contributed by atoms with E-state index < -0.39 is 0 Å². The summed E-state index contributed by atoms with van der Waals surface area (Å²) in [5.74, 6) is 0.